The number of nitrogens with one attached hydrogen (secondary N) is 2. The second kappa shape index (κ2) is 12.5. The quantitative estimate of drug-likeness (QED) is 0.176. The lowest BCUT2D eigenvalue weighted by atomic mass is 9.78. The average molecular weight is 744 g/mol. The first-order valence-corrected chi connectivity index (χ1v) is 20.4. The molecule has 0 bridgehead atoms. The van der Waals surface area contributed by atoms with Gasteiger partial charge in [-0.15, -0.1) is 0 Å². The summed E-state index contributed by atoms with van der Waals surface area (Å²) in [6.45, 7) is 4.88. The van der Waals surface area contributed by atoms with Crippen LogP contribution >= 0.6 is 0 Å². The van der Waals surface area contributed by atoms with Gasteiger partial charge in [0.25, 0.3) is 0 Å². The zero-order chi connectivity index (χ0) is 38.5. The van der Waals surface area contributed by atoms with E-state index in [1.165, 1.54) is 93.4 Å². The van der Waals surface area contributed by atoms with Gasteiger partial charge in [-0.2, -0.15) is 0 Å². The van der Waals surface area contributed by atoms with Crippen molar-refractivity contribution < 1.29 is 0 Å². The van der Waals surface area contributed by atoms with Crippen molar-refractivity contribution in [3.8, 4) is 27.9 Å². The molecule has 276 valence electrons. The van der Waals surface area contributed by atoms with Crippen LogP contribution in [0, 0.1) is 0 Å². The van der Waals surface area contributed by atoms with E-state index in [4.69, 9.17) is 0 Å². The predicted octanol–water partition coefficient (Wildman–Crippen LogP) is 13.9. The molecule has 2 aliphatic rings. The molecule has 0 saturated heterocycles. The van der Waals surface area contributed by atoms with Crippen LogP contribution in [0.3, 0.4) is 0 Å². The van der Waals surface area contributed by atoms with Gasteiger partial charge in [0.15, 0.2) is 0 Å². The zero-order valence-electron chi connectivity index (χ0n) is 32.5. The van der Waals surface area contributed by atoms with Crippen LogP contribution in [0.5, 0.6) is 0 Å². The molecule has 1 aliphatic heterocycles. The van der Waals surface area contributed by atoms with Crippen LogP contribution in [-0.4, -0.2) is 4.57 Å². The molecule has 2 N–H and O–H groups in total. The van der Waals surface area contributed by atoms with Crippen LogP contribution in [0.15, 0.2) is 188 Å². The molecule has 3 heteroatoms. The summed E-state index contributed by atoms with van der Waals surface area (Å²) in [6.07, 6.45) is -0.0693. The van der Waals surface area contributed by atoms with Crippen LogP contribution in [0.4, 0.5) is 5.69 Å². The lowest BCUT2D eigenvalue weighted by molar-refractivity contribution is 0.506. The lowest BCUT2D eigenvalue weighted by Crippen LogP contribution is -2.37. The number of fused-ring (bicyclic) bond motifs is 13. The molecule has 1 aromatic heterocycles. The monoisotopic (exact) mass is 743 g/mol. The maximum Gasteiger partial charge on any atom is 0.104 e. The fourth-order valence-electron chi connectivity index (χ4n) is 10.5. The third-order valence-corrected chi connectivity index (χ3v) is 13.0. The average Bonchev–Trinajstić information content (AvgIpc) is 3.75. The number of hydrogen-bond donors (Lipinski definition) is 2. The molecule has 12 rings (SSSR count). The van der Waals surface area contributed by atoms with Crippen molar-refractivity contribution in [3.05, 3.63) is 216 Å². The van der Waals surface area contributed by atoms with E-state index >= 15 is 0 Å². The van der Waals surface area contributed by atoms with Crippen molar-refractivity contribution in [2.75, 3.05) is 5.32 Å². The summed E-state index contributed by atoms with van der Waals surface area (Å²) >= 11 is 0. The van der Waals surface area contributed by atoms with Crippen molar-refractivity contribution in [1.29, 1.82) is 0 Å². The number of hydrogen-bond acceptors (Lipinski definition) is 2. The van der Waals surface area contributed by atoms with Crippen molar-refractivity contribution in [2.24, 2.45) is 0 Å². The summed E-state index contributed by atoms with van der Waals surface area (Å²) < 4.78 is 2.53. The molecule has 58 heavy (non-hydrogen) atoms. The predicted molar refractivity (Wildman–Crippen MR) is 243 cm³/mol. The van der Waals surface area contributed by atoms with Gasteiger partial charge in [0.05, 0.1) is 17.1 Å². The molecule has 9 aromatic carbocycles. The van der Waals surface area contributed by atoms with Gasteiger partial charge in [0.1, 0.15) is 6.17 Å². The number of aromatic nitrogens is 1. The molecule has 2 heterocycles. The fraction of sp³-hybridized carbons (Fsp3) is 0.0909. The maximum atomic E-state index is 3.98. The van der Waals surface area contributed by atoms with Crippen LogP contribution in [-0.2, 0) is 5.41 Å². The molecule has 0 saturated carbocycles. The van der Waals surface area contributed by atoms with Gasteiger partial charge >= 0.3 is 0 Å². The minimum Gasteiger partial charge on any atom is -0.366 e. The highest BCUT2D eigenvalue weighted by atomic mass is 15.2. The SMILES string of the molecule is CC1(C)c2c(c3ccccc3c3ccccc23)-c2ccc3c4ccccc4n(-c4ccc(C5Nc6ccccc6C(c6ccc(-c7ccccc7)cc6)N5)cc4)c3c21. The van der Waals surface area contributed by atoms with E-state index in [9.17, 15) is 0 Å². The molecule has 3 nitrogen and oxygen atoms in total. The molecular formula is C55H41N3. The summed E-state index contributed by atoms with van der Waals surface area (Å²) in [5.74, 6) is 0. The van der Waals surface area contributed by atoms with E-state index in [0.717, 1.165) is 11.4 Å². The van der Waals surface area contributed by atoms with Crippen molar-refractivity contribution in [3.63, 3.8) is 0 Å². The molecule has 0 fully saturated rings. The second-order valence-electron chi connectivity index (χ2n) is 16.5. The Balaban J connectivity index is 0.985. The number of benzene rings is 9. The van der Waals surface area contributed by atoms with Crippen LogP contribution in [0.1, 0.15) is 53.9 Å². The summed E-state index contributed by atoms with van der Waals surface area (Å²) in [5, 5.41) is 15.7. The van der Waals surface area contributed by atoms with Gasteiger partial charge in [-0.05, 0) is 95.9 Å². The highest BCUT2D eigenvalue weighted by Crippen LogP contribution is 2.57. The smallest absolute Gasteiger partial charge is 0.104 e. The van der Waals surface area contributed by atoms with Gasteiger partial charge in [0, 0.05) is 27.6 Å². The Kier molecular flexibility index (Phi) is 7.18. The van der Waals surface area contributed by atoms with E-state index in [1.54, 1.807) is 0 Å². The van der Waals surface area contributed by atoms with E-state index in [-0.39, 0.29) is 17.6 Å². The first kappa shape index (κ1) is 33.2. The van der Waals surface area contributed by atoms with Crippen LogP contribution in [0.25, 0.3) is 71.3 Å². The number of para-hydroxylation sites is 2. The fourth-order valence-corrected chi connectivity index (χ4v) is 10.5. The highest BCUT2D eigenvalue weighted by molar-refractivity contribution is 6.21. The first-order valence-electron chi connectivity index (χ1n) is 20.4. The Bertz CT molecular complexity index is 3250. The van der Waals surface area contributed by atoms with E-state index in [2.05, 4.69) is 217 Å². The summed E-state index contributed by atoms with van der Waals surface area (Å²) in [6, 6.07) is 69.3. The Hall–Kier alpha value is -6.94. The minimum atomic E-state index is -0.239. The van der Waals surface area contributed by atoms with Gasteiger partial charge < -0.3 is 9.88 Å². The molecule has 0 radical (unpaired) electrons. The summed E-state index contributed by atoms with van der Waals surface area (Å²) in [4.78, 5) is 0. The molecule has 1 aliphatic carbocycles. The van der Waals surface area contributed by atoms with Crippen molar-refractivity contribution in [1.82, 2.24) is 9.88 Å². The maximum absolute atomic E-state index is 3.98. The summed E-state index contributed by atoms with van der Waals surface area (Å²) in [7, 11) is 0. The molecule has 0 spiro atoms. The normalized spacial score (nSPS) is 16.7. The zero-order valence-corrected chi connectivity index (χ0v) is 32.5. The molecule has 0 amide bonds. The molecule has 2 atom stereocenters. The van der Waals surface area contributed by atoms with Crippen molar-refractivity contribution >= 4 is 49.0 Å². The third kappa shape index (κ3) is 4.77. The largest absolute Gasteiger partial charge is 0.366 e. The Morgan fingerprint density at radius 1 is 0.466 bits per heavy atom. The van der Waals surface area contributed by atoms with E-state index in [0.29, 0.717) is 0 Å². The van der Waals surface area contributed by atoms with Crippen molar-refractivity contribution in [2.45, 2.75) is 31.5 Å². The third-order valence-electron chi connectivity index (χ3n) is 13.0. The molecular weight excluding hydrogens is 703 g/mol. The topological polar surface area (TPSA) is 29.0 Å². The standard InChI is InChI=1S/C55H41N3/c1-55(2)50-43-20-9-7-17-40(43)39-16-6-8-19-42(39)49(50)46-33-32-44-41-18-11-13-23-48(41)58(53(44)51(46)55)38-30-28-37(29-31-38)54-56-47-22-12-10-21-45(47)52(57-54)36-26-24-35(25-27-36)34-14-4-3-5-15-34/h3-33,52,54,56-57H,1-2H3. The highest BCUT2D eigenvalue weighted by Gasteiger charge is 2.41. The van der Waals surface area contributed by atoms with Gasteiger partial charge in [-0.3, -0.25) is 5.32 Å². The van der Waals surface area contributed by atoms with Gasteiger partial charge in [-0.1, -0.05) is 178 Å². The number of rotatable bonds is 4. The molecule has 10 aromatic rings. The van der Waals surface area contributed by atoms with Gasteiger partial charge in [0.2, 0.25) is 0 Å². The van der Waals surface area contributed by atoms with Gasteiger partial charge in [-0.25, -0.2) is 0 Å². The second-order valence-corrected chi connectivity index (χ2v) is 16.5. The van der Waals surface area contributed by atoms with E-state index in [1.807, 2.05) is 0 Å². The number of anilines is 1. The Morgan fingerprint density at radius 2 is 1.07 bits per heavy atom. The minimum absolute atomic E-state index is 0.0444. The van der Waals surface area contributed by atoms with Crippen LogP contribution < -0.4 is 10.6 Å². The Morgan fingerprint density at radius 3 is 1.84 bits per heavy atom. The first-order chi connectivity index (χ1) is 28.5. The molecule has 2 unspecified atom stereocenters. The number of nitrogens with zero attached hydrogens (tertiary/aromatic N) is 1. The van der Waals surface area contributed by atoms with E-state index < -0.39 is 0 Å². The van der Waals surface area contributed by atoms with Crippen LogP contribution in [0.2, 0.25) is 0 Å². The lowest BCUT2D eigenvalue weighted by Gasteiger charge is -2.35. The Labute approximate surface area is 338 Å². The summed E-state index contributed by atoms with van der Waals surface area (Å²) in [5.41, 5.74) is 16.3.